The third kappa shape index (κ3) is 2.06. The Morgan fingerprint density at radius 2 is 2.29 bits per heavy atom. The Balaban J connectivity index is 3.35. The van der Waals surface area contributed by atoms with Crippen LogP contribution in [0.4, 0.5) is 8.78 Å². The highest BCUT2D eigenvalue weighted by molar-refractivity contribution is 14.1. The van der Waals surface area contributed by atoms with Crippen molar-refractivity contribution in [3.63, 3.8) is 0 Å². The molecular formula is C8H7F2IN2O. The lowest BCUT2D eigenvalue weighted by molar-refractivity contribution is 0.111. The van der Waals surface area contributed by atoms with E-state index in [0.29, 0.717) is 9.86 Å². The van der Waals surface area contributed by atoms with Gasteiger partial charge in [-0.05, 0) is 28.2 Å². The number of carbonyl (C=O) groups excluding carboxylic acids is 1. The smallest absolute Gasteiger partial charge is 0.265 e. The number of aromatic nitrogens is 1. The van der Waals surface area contributed by atoms with E-state index in [4.69, 9.17) is 5.73 Å². The minimum Gasteiger partial charge on any atom is -0.326 e. The lowest BCUT2D eigenvalue weighted by Crippen LogP contribution is -2.08. The van der Waals surface area contributed by atoms with E-state index in [-0.39, 0.29) is 23.4 Å². The van der Waals surface area contributed by atoms with Crippen LogP contribution in [0.25, 0.3) is 0 Å². The molecule has 1 aromatic heterocycles. The van der Waals surface area contributed by atoms with Crippen molar-refractivity contribution in [3.8, 4) is 0 Å². The number of halogens is 3. The first-order valence-corrected chi connectivity index (χ1v) is 4.80. The standard InChI is InChI=1S/C8H7F2IN2O/c9-8(10)5-2-13-6(3-14)7(11)4(5)1-12/h2-3,8H,1,12H2. The van der Waals surface area contributed by atoms with Gasteiger partial charge in [0, 0.05) is 21.9 Å². The normalized spacial score (nSPS) is 10.6. The van der Waals surface area contributed by atoms with Gasteiger partial charge in [-0.3, -0.25) is 9.78 Å². The zero-order valence-electron chi connectivity index (χ0n) is 7.01. The molecule has 1 heterocycles. The van der Waals surface area contributed by atoms with E-state index in [2.05, 4.69) is 4.98 Å². The van der Waals surface area contributed by atoms with E-state index >= 15 is 0 Å². The molecule has 76 valence electrons. The molecule has 0 unspecified atom stereocenters. The fraction of sp³-hybridized carbons (Fsp3) is 0.250. The maximum absolute atomic E-state index is 12.4. The maximum atomic E-state index is 12.4. The van der Waals surface area contributed by atoms with Crippen LogP contribution in [0.15, 0.2) is 6.20 Å². The summed E-state index contributed by atoms with van der Waals surface area (Å²) < 4.78 is 25.3. The van der Waals surface area contributed by atoms with Crippen molar-refractivity contribution in [2.75, 3.05) is 0 Å². The van der Waals surface area contributed by atoms with Crippen molar-refractivity contribution in [2.45, 2.75) is 13.0 Å². The van der Waals surface area contributed by atoms with Crippen LogP contribution in [-0.4, -0.2) is 11.3 Å². The van der Waals surface area contributed by atoms with Crippen molar-refractivity contribution in [3.05, 3.63) is 26.6 Å². The molecule has 1 aromatic rings. The first-order chi connectivity index (χ1) is 6.61. The van der Waals surface area contributed by atoms with Crippen LogP contribution in [0.1, 0.15) is 28.0 Å². The minimum absolute atomic E-state index is 0.0265. The Bertz CT molecular complexity index is 357. The molecule has 14 heavy (non-hydrogen) atoms. The van der Waals surface area contributed by atoms with Gasteiger partial charge in [-0.25, -0.2) is 8.78 Å². The summed E-state index contributed by atoms with van der Waals surface area (Å²) in [6, 6.07) is 0. The number of pyridine rings is 1. The van der Waals surface area contributed by atoms with Crippen molar-refractivity contribution < 1.29 is 13.6 Å². The van der Waals surface area contributed by atoms with Gasteiger partial charge in [0.15, 0.2) is 6.29 Å². The Morgan fingerprint density at radius 1 is 1.64 bits per heavy atom. The molecule has 0 aliphatic rings. The van der Waals surface area contributed by atoms with E-state index < -0.39 is 6.43 Å². The average molecular weight is 312 g/mol. The van der Waals surface area contributed by atoms with Gasteiger partial charge in [-0.15, -0.1) is 0 Å². The van der Waals surface area contributed by atoms with Gasteiger partial charge < -0.3 is 5.73 Å². The highest BCUT2D eigenvalue weighted by Gasteiger charge is 2.17. The molecule has 0 atom stereocenters. The third-order valence-electron chi connectivity index (χ3n) is 1.73. The number of rotatable bonds is 3. The summed E-state index contributed by atoms with van der Waals surface area (Å²) in [7, 11) is 0. The summed E-state index contributed by atoms with van der Waals surface area (Å²) >= 11 is 1.79. The van der Waals surface area contributed by atoms with Crippen molar-refractivity contribution >= 4 is 28.9 Å². The number of aldehydes is 1. The van der Waals surface area contributed by atoms with E-state index in [0.717, 1.165) is 6.20 Å². The van der Waals surface area contributed by atoms with Crippen molar-refractivity contribution in [2.24, 2.45) is 5.73 Å². The zero-order valence-corrected chi connectivity index (χ0v) is 9.16. The number of alkyl halides is 2. The second-order valence-corrected chi connectivity index (χ2v) is 3.59. The molecule has 0 aliphatic carbocycles. The number of hydrogen-bond donors (Lipinski definition) is 1. The van der Waals surface area contributed by atoms with Gasteiger partial charge in [0.25, 0.3) is 6.43 Å². The molecule has 1 rings (SSSR count). The lowest BCUT2D eigenvalue weighted by atomic mass is 10.1. The van der Waals surface area contributed by atoms with Crippen LogP contribution >= 0.6 is 22.6 Å². The number of carbonyl (C=O) groups is 1. The summed E-state index contributed by atoms with van der Waals surface area (Å²) in [5.74, 6) is 0. The summed E-state index contributed by atoms with van der Waals surface area (Å²) in [6.45, 7) is -0.0265. The van der Waals surface area contributed by atoms with E-state index in [1.54, 1.807) is 22.6 Å². The van der Waals surface area contributed by atoms with E-state index in [9.17, 15) is 13.6 Å². The van der Waals surface area contributed by atoms with Gasteiger partial charge in [-0.1, -0.05) is 0 Å². The molecule has 0 bridgehead atoms. The van der Waals surface area contributed by atoms with Crippen LogP contribution in [0, 0.1) is 3.57 Å². The monoisotopic (exact) mass is 312 g/mol. The number of nitrogens with zero attached hydrogens (tertiary/aromatic N) is 1. The van der Waals surface area contributed by atoms with Gasteiger partial charge in [0.1, 0.15) is 5.69 Å². The van der Waals surface area contributed by atoms with Crippen LogP contribution in [-0.2, 0) is 6.54 Å². The van der Waals surface area contributed by atoms with Crippen LogP contribution in [0.5, 0.6) is 0 Å². The molecule has 0 fully saturated rings. The Morgan fingerprint density at radius 3 is 2.71 bits per heavy atom. The van der Waals surface area contributed by atoms with Crippen molar-refractivity contribution in [1.29, 1.82) is 0 Å². The maximum Gasteiger partial charge on any atom is 0.265 e. The van der Waals surface area contributed by atoms with Gasteiger partial charge in [-0.2, -0.15) is 0 Å². The third-order valence-corrected chi connectivity index (χ3v) is 2.94. The molecule has 0 spiro atoms. The first-order valence-electron chi connectivity index (χ1n) is 3.72. The molecule has 0 aromatic carbocycles. The molecule has 2 N–H and O–H groups in total. The van der Waals surface area contributed by atoms with E-state index in [1.807, 2.05) is 0 Å². The Kier molecular flexibility index (Phi) is 3.87. The van der Waals surface area contributed by atoms with Crippen LogP contribution in [0.3, 0.4) is 0 Å². The molecule has 0 saturated heterocycles. The fourth-order valence-electron chi connectivity index (χ4n) is 1.03. The summed E-state index contributed by atoms with van der Waals surface area (Å²) in [6.07, 6.45) is -1.09. The molecular weight excluding hydrogens is 305 g/mol. The van der Waals surface area contributed by atoms with Gasteiger partial charge in [0.05, 0.1) is 0 Å². The Hall–Kier alpha value is -0.630. The highest BCUT2D eigenvalue weighted by Crippen LogP contribution is 2.26. The summed E-state index contributed by atoms with van der Waals surface area (Å²) in [5.41, 5.74) is 5.56. The summed E-state index contributed by atoms with van der Waals surface area (Å²) in [4.78, 5) is 14.1. The largest absolute Gasteiger partial charge is 0.326 e. The molecule has 3 nitrogen and oxygen atoms in total. The minimum atomic E-state index is -2.62. The van der Waals surface area contributed by atoms with Crippen LogP contribution < -0.4 is 5.73 Å². The second kappa shape index (κ2) is 4.74. The highest BCUT2D eigenvalue weighted by atomic mass is 127. The zero-order chi connectivity index (χ0) is 10.7. The predicted molar refractivity (Wildman–Crippen MR) is 55.2 cm³/mol. The number of nitrogens with two attached hydrogens (primary N) is 1. The second-order valence-electron chi connectivity index (χ2n) is 2.51. The Labute approximate surface area is 92.8 Å². The van der Waals surface area contributed by atoms with Crippen LogP contribution in [0.2, 0.25) is 0 Å². The average Bonchev–Trinajstić information content (AvgIpc) is 2.17. The molecule has 0 saturated carbocycles. The number of hydrogen-bond acceptors (Lipinski definition) is 3. The predicted octanol–water partition coefficient (Wildman–Crippen LogP) is 1.90. The lowest BCUT2D eigenvalue weighted by Gasteiger charge is -2.09. The van der Waals surface area contributed by atoms with Gasteiger partial charge in [0.2, 0.25) is 0 Å². The summed E-state index contributed by atoms with van der Waals surface area (Å²) in [5, 5.41) is 0. The SMILES string of the molecule is NCc1c(C(F)F)cnc(C=O)c1I. The first kappa shape index (κ1) is 11.4. The molecule has 0 amide bonds. The van der Waals surface area contributed by atoms with Crippen molar-refractivity contribution in [1.82, 2.24) is 4.98 Å². The fourth-order valence-corrected chi connectivity index (χ4v) is 1.83. The molecule has 6 heteroatoms. The molecule has 0 aliphatic heterocycles. The van der Waals surface area contributed by atoms with E-state index in [1.165, 1.54) is 0 Å². The quantitative estimate of drug-likeness (QED) is 0.685. The van der Waals surface area contributed by atoms with Gasteiger partial charge >= 0.3 is 0 Å². The topological polar surface area (TPSA) is 56.0 Å². The molecule has 0 radical (unpaired) electrons.